The van der Waals surface area contributed by atoms with Gasteiger partial charge in [-0.2, -0.15) is 0 Å². The molecule has 1 aromatic heterocycles. The molecule has 3 aromatic rings. The van der Waals surface area contributed by atoms with Crippen molar-refractivity contribution in [3.8, 4) is 0 Å². The summed E-state index contributed by atoms with van der Waals surface area (Å²) in [5, 5.41) is 2.68. The largest absolute Gasteiger partial charge is 0.313 e. The summed E-state index contributed by atoms with van der Waals surface area (Å²) in [5.41, 5.74) is 8.55. The number of aromatic nitrogens is 1. The van der Waals surface area contributed by atoms with Gasteiger partial charge in [0, 0.05) is 16.5 Å². The quantitative estimate of drug-likeness (QED) is 0.473. The molecule has 26 heavy (non-hydrogen) atoms. The van der Waals surface area contributed by atoms with E-state index in [1.54, 1.807) is 0 Å². The number of hydrogen-bond acceptors (Lipinski definition) is 0. The molecule has 0 spiro atoms. The standard InChI is InChI=1S/C25H23N/c1-18-10-12-19(13-11-18)20-14-16-21(17-15-20)26-24-8-4-2-6-22(24)23-7-3-5-9-25(23)26/h2-10,12,14,16H,11,13,15,17H2,1H3. The van der Waals surface area contributed by atoms with Crippen LogP contribution in [0.5, 0.6) is 0 Å². The summed E-state index contributed by atoms with van der Waals surface area (Å²) in [6, 6.07) is 17.5. The van der Waals surface area contributed by atoms with Gasteiger partial charge >= 0.3 is 0 Å². The molecule has 128 valence electrons. The van der Waals surface area contributed by atoms with E-state index >= 15 is 0 Å². The molecule has 0 saturated carbocycles. The fraction of sp³-hybridized carbons (Fsp3) is 0.200. The predicted octanol–water partition coefficient (Wildman–Crippen LogP) is 7.02. The smallest absolute Gasteiger partial charge is 0.0537 e. The zero-order valence-corrected chi connectivity index (χ0v) is 15.2. The van der Waals surface area contributed by atoms with E-state index in [0.29, 0.717) is 0 Å². The van der Waals surface area contributed by atoms with Gasteiger partial charge < -0.3 is 4.57 Å². The van der Waals surface area contributed by atoms with Crippen LogP contribution in [0.1, 0.15) is 32.6 Å². The van der Waals surface area contributed by atoms with E-state index in [1.807, 2.05) is 0 Å². The number of fused-ring (bicyclic) bond motifs is 3. The number of hydrogen-bond donors (Lipinski definition) is 0. The monoisotopic (exact) mass is 337 g/mol. The van der Waals surface area contributed by atoms with Gasteiger partial charge in [-0.05, 0) is 62.0 Å². The third-order valence-electron chi connectivity index (χ3n) is 5.76. The zero-order chi connectivity index (χ0) is 17.5. The second-order valence-corrected chi connectivity index (χ2v) is 7.42. The van der Waals surface area contributed by atoms with Gasteiger partial charge in [0.2, 0.25) is 0 Å². The minimum Gasteiger partial charge on any atom is -0.313 e. The maximum Gasteiger partial charge on any atom is 0.0537 e. The van der Waals surface area contributed by atoms with E-state index in [0.717, 1.165) is 12.8 Å². The Morgan fingerprint density at radius 1 is 0.615 bits per heavy atom. The van der Waals surface area contributed by atoms with Gasteiger partial charge in [-0.25, -0.2) is 0 Å². The van der Waals surface area contributed by atoms with Crippen molar-refractivity contribution in [1.82, 2.24) is 4.57 Å². The molecule has 2 aliphatic rings. The minimum atomic E-state index is 1.09. The van der Waals surface area contributed by atoms with E-state index < -0.39 is 0 Å². The molecule has 0 aliphatic heterocycles. The first-order valence-corrected chi connectivity index (χ1v) is 9.56. The van der Waals surface area contributed by atoms with Crippen molar-refractivity contribution < 1.29 is 0 Å². The second-order valence-electron chi connectivity index (χ2n) is 7.42. The highest BCUT2D eigenvalue weighted by atomic mass is 15.0. The molecule has 0 atom stereocenters. The lowest BCUT2D eigenvalue weighted by Gasteiger charge is -2.21. The summed E-state index contributed by atoms with van der Waals surface area (Å²) < 4.78 is 2.46. The van der Waals surface area contributed by atoms with E-state index in [-0.39, 0.29) is 0 Å². The molecule has 0 bridgehead atoms. The molecule has 0 N–H and O–H groups in total. The normalized spacial score (nSPS) is 17.7. The number of para-hydroxylation sites is 2. The van der Waals surface area contributed by atoms with Gasteiger partial charge in [-0.3, -0.25) is 0 Å². The topological polar surface area (TPSA) is 4.93 Å². The Morgan fingerprint density at radius 3 is 1.73 bits per heavy atom. The highest BCUT2D eigenvalue weighted by molar-refractivity contribution is 6.10. The van der Waals surface area contributed by atoms with Crippen LogP contribution in [0.15, 0.2) is 89.6 Å². The molecule has 0 saturated heterocycles. The third kappa shape index (κ3) is 2.47. The second kappa shape index (κ2) is 6.17. The zero-order valence-electron chi connectivity index (χ0n) is 15.2. The van der Waals surface area contributed by atoms with E-state index in [4.69, 9.17) is 0 Å². The first kappa shape index (κ1) is 15.5. The lowest BCUT2D eigenvalue weighted by molar-refractivity contribution is 0.862. The Labute approximate surface area is 154 Å². The number of allylic oxidation sites excluding steroid dienone is 8. The lowest BCUT2D eigenvalue weighted by Crippen LogP contribution is -2.03. The van der Waals surface area contributed by atoms with Crippen LogP contribution in [0.3, 0.4) is 0 Å². The Hall–Kier alpha value is -2.80. The average Bonchev–Trinajstić information content (AvgIpc) is 3.03. The first-order chi connectivity index (χ1) is 12.8. The van der Waals surface area contributed by atoms with Crippen LogP contribution >= 0.6 is 0 Å². The summed E-state index contributed by atoms with van der Waals surface area (Å²) in [6.45, 7) is 2.23. The van der Waals surface area contributed by atoms with E-state index in [1.165, 1.54) is 57.1 Å². The molecule has 0 fully saturated rings. The molecule has 0 unspecified atom stereocenters. The van der Waals surface area contributed by atoms with Crippen molar-refractivity contribution in [2.45, 2.75) is 32.6 Å². The average molecular weight is 337 g/mol. The number of nitrogens with zero attached hydrogens (tertiary/aromatic N) is 1. The maximum atomic E-state index is 2.46. The van der Waals surface area contributed by atoms with Gasteiger partial charge in [0.25, 0.3) is 0 Å². The molecule has 1 nitrogen and oxygen atoms in total. The summed E-state index contributed by atoms with van der Waals surface area (Å²) >= 11 is 0. The molecular formula is C25H23N. The highest BCUT2D eigenvalue weighted by Gasteiger charge is 2.17. The van der Waals surface area contributed by atoms with Gasteiger partial charge in [0.05, 0.1) is 11.0 Å². The SMILES string of the molecule is CC1=CC=C(C2=CC=C(n3c4ccccc4c4ccccc43)CC2)CC1. The van der Waals surface area contributed by atoms with Crippen molar-refractivity contribution >= 4 is 27.5 Å². The summed E-state index contributed by atoms with van der Waals surface area (Å²) in [7, 11) is 0. The van der Waals surface area contributed by atoms with Crippen LogP contribution in [0.25, 0.3) is 27.5 Å². The Bertz CT molecular complexity index is 1080. The molecular weight excluding hydrogens is 314 g/mol. The first-order valence-electron chi connectivity index (χ1n) is 9.56. The molecule has 2 aliphatic carbocycles. The van der Waals surface area contributed by atoms with Crippen LogP contribution in [0.2, 0.25) is 0 Å². The van der Waals surface area contributed by atoms with E-state index in [9.17, 15) is 0 Å². The fourth-order valence-corrected chi connectivity index (χ4v) is 4.32. The molecule has 0 radical (unpaired) electrons. The lowest BCUT2D eigenvalue weighted by atomic mass is 9.89. The highest BCUT2D eigenvalue weighted by Crippen LogP contribution is 2.36. The molecule has 5 rings (SSSR count). The molecule has 1 heterocycles. The van der Waals surface area contributed by atoms with Crippen LogP contribution < -0.4 is 0 Å². The number of rotatable bonds is 2. The summed E-state index contributed by atoms with van der Waals surface area (Å²) in [6.07, 6.45) is 13.9. The third-order valence-corrected chi connectivity index (χ3v) is 5.76. The van der Waals surface area contributed by atoms with Gasteiger partial charge in [0.15, 0.2) is 0 Å². The van der Waals surface area contributed by atoms with Crippen molar-refractivity contribution in [1.29, 1.82) is 0 Å². The van der Waals surface area contributed by atoms with Crippen LogP contribution in [-0.2, 0) is 0 Å². The minimum absolute atomic E-state index is 1.09. The Kier molecular flexibility index (Phi) is 3.67. The fourth-order valence-electron chi connectivity index (χ4n) is 4.32. The summed E-state index contributed by atoms with van der Waals surface area (Å²) in [5.74, 6) is 0. The van der Waals surface area contributed by atoms with Gasteiger partial charge in [-0.1, -0.05) is 60.2 Å². The molecule has 1 heteroatoms. The van der Waals surface area contributed by atoms with E-state index in [2.05, 4.69) is 84.3 Å². The van der Waals surface area contributed by atoms with Crippen LogP contribution in [0, 0.1) is 0 Å². The van der Waals surface area contributed by atoms with Crippen molar-refractivity contribution in [2.75, 3.05) is 0 Å². The maximum absolute atomic E-state index is 2.46. The Morgan fingerprint density at radius 2 is 1.19 bits per heavy atom. The number of benzene rings is 2. The predicted molar refractivity (Wildman–Crippen MR) is 112 cm³/mol. The summed E-state index contributed by atoms with van der Waals surface area (Å²) in [4.78, 5) is 0. The van der Waals surface area contributed by atoms with Gasteiger partial charge in [-0.15, -0.1) is 0 Å². The van der Waals surface area contributed by atoms with Crippen LogP contribution in [-0.4, -0.2) is 4.57 Å². The van der Waals surface area contributed by atoms with Crippen molar-refractivity contribution in [3.05, 3.63) is 89.6 Å². The van der Waals surface area contributed by atoms with Crippen molar-refractivity contribution in [2.24, 2.45) is 0 Å². The van der Waals surface area contributed by atoms with Gasteiger partial charge in [0.1, 0.15) is 0 Å². The molecule has 0 amide bonds. The van der Waals surface area contributed by atoms with Crippen molar-refractivity contribution in [3.63, 3.8) is 0 Å². The van der Waals surface area contributed by atoms with Crippen LogP contribution in [0.4, 0.5) is 0 Å². The molecule has 2 aromatic carbocycles. The Balaban J connectivity index is 1.63.